The van der Waals surface area contributed by atoms with Gasteiger partial charge in [0.25, 0.3) is 0 Å². The standard InChI is InChI=1S/C13H18FNO3S/c1-9(2)7-10-8-18-12-6-4-5-11(14)13(12)19(16,17)15(10)3/h4-6,9-10H,7-8H2,1-3H3/t10-/m0/s1. The van der Waals surface area contributed by atoms with Gasteiger partial charge in [-0.15, -0.1) is 0 Å². The minimum Gasteiger partial charge on any atom is -0.490 e. The summed E-state index contributed by atoms with van der Waals surface area (Å²) in [5, 5.41) is 0. The normalized spacial score (nSPS) is 22.7. The van der Waals surface area contributed by atoms with E-state index in [0.29, 0.717) is 12.3 Å². The van der Waals surface area contributed by atoms with E-state index in [4.69, 9.17) is 4.74 Å². The Balaban J connectivity index is 2.49. The molecule has 0 saturated heterocycles. The molecule has 0 unspecified atom stereocenters. The first-order valence-corrected chi connectivity index (χ1v) is 7.67. The quantitative estimate of drug-likeness (QED) is 0.838. The zero-order chi connectivity index (χ0) is 14.2. The molecule has 0 amide bonds. The first-order chi connectivity index (χ1) is 8.84. The van der Waals surface area contributed by atoms with Gasteiger partial charge in [0.15, 0.2) is 4.90 Å². The fraction of sp³-hybridized carbons (Fsp3) is 0.538. The van der Waals surface area contributed by atoms with Crippen LogP contribution in [0.25, 0.3) is 0 Å². The van der Waals surface area contributed by atoms with Crippen LogP contribution in [-0.2, 0) is 10.0 Å². The molecule has 4 nitrogen and oxygen atoms in total. The monoisotopic (exact) mass is 287 g/mol. The molecule has 19 heavy (non-hydrogen) atoms. The van der Waals surface area contributed by atoms with E-state index in [0.717, 1.165) is 6.07 Å². The van der Waals surface area contributed by atoms with Crippen LogP contribution in [0, 0.1) is 11.7 Å². The van der Waals surface area contributed by atoms with E-state index in [1.54, 1.807) is 0 Å². The van der Waals surface area contributed by atoms with Crippen LogP contribution < -0.4 is 4.74 Å². The van der Waals surface area contributed by atoms with Gasteiger partial charge in [-0.3, -0.25) is 0 Å². The van der Waals surface area contributed by atoms with Crippen molar-refractivity contribution in [3.05, 3.63) is 24.0 Å². The lowest BCUT2D eigenvalue weighted by Crippen LogP contribution is -2.39. The summed E-state index contributed by atoms with van der Waals surface area (Å²) in [6, 6.07) is 3.79. The Morgan fingerprint density at radius 1 is 1.47 bits per heavy atom. The highest BCUT2D eigenvalue weighted by molar-refractivity contribution is 7.89. The number of fused-ring (bicyclic) bond motifs is 1. The summed E-state index contributed by atoms with van der Waals surface area (Å²) in [6.45, 7) is 4.27. The van der Waals surface area contributed by atoms with Gasteiger partial charge >= 0.3 is 0 Å². The summed E-state index contributed by atoms with van der Waals surface area (Å²) < 4.78 is 45.4. The average Bonchev–Trinajstić information content (AvgIpc) is 2.40. The molecule has 0 aromatic heterocycles. The van der Waals surface area contributed by atoms with Crippen molar-refractivity contribution in [1.82, 2.24) is 4.31 Å². The van der Waals surface area contributed by atoms with Crippen molar-refractivity contribution in [2.75, 3.05) is 13.7 Å². The maximum Gasteiger partial charge on any atom is 0.249 e. The summed E-state index contributed by atoms with van der Waals surface area (Å²) in [4.78, 5) is -0.358. The molecule has 1 heterocycles. The largest absolute Gasteiger partial charge is 0.490 e. The number of ether oxygens (including phenoxy) is 1. The van der Waals surface area contributed by atoms with Crippen LogP contribution in [0.15, 0.2) is 23.1 Å². The minimum absolute atomic E-state index is 0.0955. The number of hydrogen-bond acceptors (Lipinski definition) is 3. The molecule has 1 atom stereocenters. The Labute approximate surface area is 113 Å². The first-order valence-electron chi connectivity index (χ1n) is 6.23. The van der Waals surface area contributed by atoms with Crippen LogP contribution in [0.3, 0.4) is 0 Å². The van der Waals surface area contributed by atoms with E-state index in [-0.39, 0.29) is 23.3 Å². The van der Waals surface area contributed by atoms with Gasteiger partial charge in [-0.2, -0.15) is 4.31 Å². The Bertz CT molecular complexity index is 571. The fourth-order valence-corrected chi connectivity index (χ4v) is 3.77. The van der Waals surface area contributed by atoms with E-state index in [1.165, 1.54) is 23.5 Å². The minimum atomic E-state index is -3.85. The molecule has 1 aromatic rings. The van der Waals surface area contributed by atoms with E-state index in [2.05, 4.69) is 0 Å². The van der Waals surface area contributed by atoms with Crippen LogP contribution >= 0.6 is 0 Å². The number of hydrogen-bond donors (Lipinski definition) is 0. The van der Waals surface area contributed by atoms with Gasteiger partial charge in [-0.05, 0) is 24.5 Å². The summed E-state index contributed by atoms with van der Waals surface area (Å²) in [6.07, 6.45) is 0.672. The molecule has 2 rings (SSSR count). The number of rotatable bonds is 2. The molecule has 0 aliphatic carbocycles. The second-order valence-corrected chi connectivity index (χ2v) is 7.12. The smallest absolute Gasteiger partial charge is 0.249 e. The number of sulfonamides is 1. The van der Waals surface area contributed by atoms with Crippen LogP contribution in [0.1, 0.15) is 20.3 Å². The highest BCUT2D eigenvalue weighted by Crippen LogP contribution is 2.33. The molecule has 0 fully saturated rings. The molecular weight excluding hydrogens is 269 g/mol. The van der Waals surface area contributed by atoms with E-state index in [9.17, 15) is 12.8 Å². The molecule has 0 radical (unpaired) electrons. The highest BCUT2D eigenvalue weighted by Gasteiger charge is 2.36. The lowest BCUT2D eigenvalue weighted by atomic mass is 10.0. The molecule has 1 aromatic carbocycles. The first kappa shape index (κ1) is 14.3. The van der Waals surface area contributed by atoms with E-state index >= 15 is 0 Å². The second kappa shape index (κ2) is 5.09. The maximum absolute atomic E-state index is 13.8. The molecule has 1 aliphatic heterocycles. The Kier molecular flexibility index (Phi) is 3.82. The topological polar surface area (TPSA) is 46.6 Å². The van der Waals surface area contributed by atoms with Crippen LogP contribution in [-0.4, -0.2) is 32.4 Å². The van der Waals surface area contributed by atoms with Crippen molar-refractivity contribution < 1.29 is 17.5 Å². The summed E-state index contributed by atoms with van der Waals surface area (Å²) in [7, 11) is -2.37. The van der Waals surface area contributed by atoms with Crippen LogP contribution in [0.5, 0.6) is 5.75 Å². The number of benzene rings is 1. The average molecular weight is 287 g/mol. The Morgan fingerprint density at radius 3 is 2.79 bits per heavy atom. The van der Waals surface area contributed by atoms with Crippen molar-refractivity contribution in [2.24, 2.45) is 5.92 Å². The van der Waals surface area contributed by atoms with Crippen LogP contribution in [0.2, 0.25) is 0 Å². The summed E-state index contributed by atoms with van der Waals surface area (Å²) in [5.74, 6) is -0.343. The van der Waals surface area contributed by atoms with Gasteiger partial charge in [0, 0.05) is 7.05 Å². The van der Waals surface area contributed by atoms with Gasteiger partial charge in [-0.1, -0.05) is 19.9 Å². The predicted octanol–water partition coefficient (Wildman–Crippen LogP) is 2.25. The van der Waals surface area contributed by atoms with Crippen molar-refractivity contribution in [1.29, 1.82) is 0 Å². The number of nitrogens with zero attached hydrogens (tertiary/aromatic N) is 1. The molecule has 0 N–H and O–H groups in total. The fourth-order valence-electron chi connectivity index (χ4n) is 2.24. The Hall–Kier alpha value is -1.14. The van der Waals surface area contributed by atoms with Crippen LogP contribution in [0.4, 0.5) is 4.39 Å². The third-order valence-electron chi connectivity index (χ3n) is 3.26. The Morgan fingerprint density at radius 2 is 2.16 bits per heavy atom. The second-order valence-electron chi connectivity index (χ2n) is 5.18. The lowest BCUT2D eigenvalue weighted by molar-refractivity contribution is 0.207. The van der Waals surface area contributed by atoms with Crippen molar-refractivity contribution in [3.8, 4) is 5.75 Å². The highest BCUT2D eigenvalue weighted by atomic mass is 32.2. The maximum atomic E-state index is 13.8. The molecule has 106 valence electrons. The summed E-state index contributed by atoms with van der Waals surface area (Å²) >= 11 is 0. The summed E-state index contributed by atoms with van der Waals surface area (Å²) in [5.41, 5.74) is 0. The van der Waals surface area contributed by atoms with Crippen molar-refractivity contribution in [3.63, 3.8) is 0 Å². The van der Waals surface area contributed by atoms with Crippen molar-refractivity contribution >= 4 is 10.0 Å². The van der Waals surface area contributed by atoms with Gasteiger partial charge in [-0.25, -0.2) is 12.8 Å². The molecule has 6 heteroatoms. The van der Waals surface area contributed by atoms with Gasteiger partial charge in [0.05, 0.1) is 6.04 Å². The van der Waals surface area contributed by atoms with E-state index in [1.807, 2.05) is 13.8 Å². The molecule has 0 spiro atoms. The van der Waals surface area contributed by atoms with Crippen molar-refractivity contribution in [2.45, 2.75) is 31.2 Å². The SMILES string of the molecule is CC(C)C[C@H]1COc2cccc(F)c2S(=O)(=O)N1C. The number of likely N-dealkylation sites (N-methyl/N-ethyl adjacent to an activating group) is 1. The zero-order valence-electron chi connectivity index (χ0n) is 11.3. The van der Waals surface area contributed by atoms with Gasteiger partial charge < -0.3 is 4.74 Å². The molecular formula is C13H18FNO3S. The molecule has 1 aliphatic rings. The van der Waals surface area contributed by atoms with Gasteiger partial charge in [0.1, 0.15) is 18.2 Å². The lowest BCUT2D eigenvalue weighted by Gasteiger charge is -2.25. The van der Waals surface area contributed by atoms with Gasteiger partial charge in [0.2, 0.25) is 10.0 Å². The molecule has 0 bridgehead atoms. The third kappa shape index (κ3) is 2.60. The third-order valence-corrected chi connectivity index (χ3v) is 5.23. The zero-order valence-corrected chi connectivity index (χ0v) is 12.1. The van der Waals surface area contributed by atoms with E-state index < -0.39 is 15.8 Å². The number of halogens is 1. The predicted molar refractivity (Wildman–Crippen MR) is 70.1 cm³/mol. The molecule has 0 saturated carbocycles.